The number of hydrogen-bond donors (Lipinski definition) is 1. The zero-order valence-electron chi connectivity index (χ0n) is 19.2. The summed E-state index contributed by atoms with van der Waals surface area (Å²) < 4.78 is 0. The molecule has 0 aliphatic carbocycles. The molecule has 0 saturated carbocycles. The predicted molar refractivity (Wildman–Crippen MR) is 144 cm³/mol. The maximum atomic E-state index is 13.4. The molecule has 0 aliphatic rings. The van der Waals surface area contributed by atoms with Crippen molar-refractivity contribution in [3.63, 3.8) is 0 Å². The van der Waals surface area contributed by atoms with Gasteiger partial charge in [-0.25, -0.2) is 4.98 Å². The lowest BCUT2D eigenvalue weighted by Crippen LogP contribution is -2.26. The Kier molecular flexibility index (Phi) is 6.87. The summed E-state index contributed by atoms with van der Waals surface area (Å²) >= 11 is 6.44. The largest absolute Gasteiger partial charge is 0.352 e. The summed E-state index contributed by atoms with van der Waals surface area (Å²) in [5.74, 6) is 0.0855. The number of carbonyl (C=O) groups excluding carboxylic acids is 1. The van der Waals surface area contributed by atoms with E-state index in [0.717, 1.165) is 22.9 Å². The number of benzene rings is 4. The van der Waals surface area contributed by atoms with Crippen LogP contribution in [0.2, 0.25) is 5.02 Å². The SMILES string of the molecule is O=C(NCCC(c1ccccc1)c1ccccc1)c1cc(-c2ccccc2Cl)nc2ccccc12. The van der Waals surface area contributed by atoms with Crippen molar-refractivity contribution in [2.45, 2.75) is 12.3 Å². The molecule has 0 radical (unpaired) electrons. The lowest BCUT2D eigenvalue weighted by molar-refractivity contribution is 0.0954. The number of carbonyl (C=O) groups is 1. The van der Waals surface area contributed by atoms with Gasteiger partial charge in [0.2, 0.25) is 0 Å². The summed E-state index contributed by atoms with van der Waals surface area (Å²) in [5.41, 5.74) is 5.34. The minimum absolute atomic E-state index is 0.114. The van der Waals surface area contributed by atoms with Crippen molar-refractivity contribution in [2.75, 3.05) is 6.54 Å². The Morgan fingerprint density at radius 1 is 0.771 bits per heavy atom. The van der Waals surface area contributed by atoms with Crippen molar-refractivity contribution in [2.24, 2.45) is 0 Å². The maximum Gasteiger partial charge on any atom is 0.252 e. The van der Waals surface area contributed by atoms with E-state index >= 15 is 0 Å². The molecule has 0 aliphatic heterocycles. The number of nitrogens with one attached hydrogen (secondary N) is 1. The van der Waals surface area contributed by atoms with Crippen LogP contribution in [0.15, 0.2) is 115 Å². The number of nitrogens with zero attached hydrogens (tertiary/aromatic N) is 1. The molecule has 1 N–H and O–H groups in total. The second-order valence-electron chi connectivity index (χ2n) is 8.47. The van der Waals surface area contributed by atoms with Crippen molar-refractivity contribution in [3.8, 4) is 11.3 Å². The second-order valence-corrected chi connectivity index (χ2v) is 8.88. The molecule has 0 saturated heterocycles. The van der Waals surface area contributed by atoms with Crippen LogP contribution >= 0.6 is 11.6 Å². The number of amides is 1. The number of rotatable bonds is 7. The standard InChI is InChI=1S/C31H25ClN2O/c32-28-17-9-7-16-26(28)30-21-27(25-15-8-10-18-29(25)34-30)31(35)33-20-19-24(22-11-3-1-4-12-22)23-13-5-2-6-14-23/h1-18,21,24H,19-20H2,(H,33,35). The molecule has 5 aromatic rings. The fourth-order valence-corrected chi connectivity index (χ4v) is 4.72. The molecule has 3 nitrogen and oxygen atoms in total. The van der Waals surface area contributed by atoms with Crippen LogP contribution in [0.3, 0.4) is 0 Å². The van der Waals surface area contributed by atoms with Crippen LogP contribution in [0.1, 0.15) is 33.8 Å². The number of aromatic nitrogens is 1. The van der Waals surface area contributed by atoms with Gasteiger partial charge in [-0.05, 0) is 35.7 Å². The van der Waals surface area contributed by atoms with Crippen LogP contribution in [-0.4, -0.2) is 17.4 Å². The highest BCUT2D eigenvalue weighted by Crippen LogP contribution is 2.30. The zero-order chi connectivity index (χ0) is 24.0. The average molecular weight is 477 g/mol. The molecule has 172 valence electrons. The van der Waals surface area contributed by atoms with E-state index in [0.29, 0.717) is 22.8 Å². The van der Waals surface area contributed by atoms with Gasteiger partial charge in [-0.1, -0.05) is 109 Å². The molecular formula is C31H25ClN2O. The molecule has 0 bridgehead atoms. The lowest BCUT2D eigenvalue weighted by Gasteiger charge is -2.19. The van der Waals surface area contributed by atoms with Gasteiger partial charge in [0.15, 0.2) is 0 Å². The molecule has 1 amide bonds. The summed E-state index contributed by atoms with van der Waals surface area (Å²) in [6.07, 6.45) is 0.792. The summed E-state index contributed by atoms with van der Waals surface area (Å²) in [7, 11) is 0. The van der Waals surface area contributed by atoms with Gasteiger partial charge in [-0.15, -0.1) is 0 Å². The van der Waals surface area contributed by atoms with E-state index in [1.54, 1.807) is 0 Å². The number of fused-ring (bicyclic) bond motifs is 1. The van der Waals surface area contributed by atoms with Gasteiger partial charge in [-0.3, -0.25) is 4.79 Å². The van der Waals surface area contributed by atoms with Crippen LogP contribution in [0.25, 0.3) is 22.2 Å². The highest BCUT2D eigenvalue weighted by atomic mass is 35.5. The van der Waals surface area contributed by atoms with E-state index in [-0.39, 0.29) is 11.8 Å². The third-order valence-corrected chi connectivity index (χ3v) is 6.56. The molecule has 4 aromatic carbocycles. The third kappa shape index (κ3) is 5.11. The molecule has 1 aromatic heterocycles. The van der Waals surface area contributed by atoms with Gasteiger partial charge in [-0.2, -0.15) is 0 Å². The van der Waals surface area contributed by atoms with Crippen LogP contribution < -0.4 is 5.32 Å². The van der Waals surface area contributed by atoms with Crippen LogP contribution in [0, 0.1) is 0 Å². The van der Waals surface area contributed by atoms with Crippen LogP contribution in [0.5, 0.6) is 0 Å². The highest BCUT2D eigenvalue weighted by molar-refractivity contribution is 6.33. The Balaban J connectivity index is 1.41. The normalized spacial score (nSPS) is 11.0. The smallest absolute Gasteiger partial charge is 0.252 e. The van der Waals surface area contributed by atoms with E-state index in [9.17, 15) is 4.79 Å². The van der Waals surface area contributed by atoms with Crippen LogP contribution in [0.4, 0.5) is 0 Å². The Labute approximate surface area is 210 Å². The monoisotopic (exact) mass is 476 g/mol. The minimum atomic E-state index is -0.114. The molecule has 4 heteroatoms. The van der Waals surface area contributed by atoms with E-state index in [4.69, 9.17) is 16.6 Å². The fourth-order valence-electron chi connectivity index (χ4n) is 4.49. The summed E-state index contributed by atoms with van der Waals surface area (Å²) in [6, 6.07) is 38.0. The van der Waals surface area contributed by atoms with E-state index in [1.165, 1.54) is 11.1 Å². The highest BCUT2D eigenvalue weighted by Gasteiger charge is 2.17. The maximum absolute atomic E-state index is 13.4. The number of para-hydroxylation sites is 1. The Morgan fingerprint density at radius 2 is 1.37 bits per heavy atom. The zero-order valence-corrected chi connectivity index (χ0v) is 20.0. The Bertz CT molecular complexity index is 1410. The molecule has 5 rings (SSSR count). The summed E-state index contributed by atoms with van der Waals surface area (Å²) in [4.78, 5) is 18.2. The first kappa shape index (κ1) is 22.8. The average Bonchev–Trinajstić information content (AvgIpc) is 2.91. The quantitative estimate of drug-likeness (QED) is 0.264. The Morgan fingerprint density at radius 3 is 2.06 bits per heavy atom. The minimum Gasteiger partial charge on any atom is -0.352 e. The molecule has 0 unspecified atom stereocenters. The van der Waals surface area contributed by atoms with Gasteiger partial charge in [0.05, 0.1) is 16.8 Å². The number of hydrogen-bond acceptors (Lipinski definition) is 2. The first-order chi connectivity index (χ1) is 17.2. The summed E-state index contributed by atoms with van der Waals surface area (Å²) in [6.45, 7) is 0.547. The van der Waals surface area contributed by atoms with Gasteiger partial charge < -0.3 is 5.32 Å². The second kappa shape index (κ2) is 10.5. The summed E-state index contributed by atoms with van der Waals surface area (Å²) in [5, 5.41) is 4.58. The van der Waals surface area contributed by atoms with Crippen molar-refractivity contribution in [3.05, 3.63) is 137 Å². The molecule has 1 heterocycles. The topological polar surface area (TPSA) is 42.0 Å². The number of halogens is 1. The molecule has 0 atom stereocenters. The van der Waals surface area contributed by atoms with Gasteiger partial charge in [0.25, 0.3) is 5.91 Å². The molecule has 35 heavy (non-hydrogen) atoms. The Hall–Kier alpha value is -3.95. The van der Waals surface area contributed by atoms with Crippen molar-refractivity contribution in [1.82, 2.24) is 10.3 Å². The first-order valence-electron chi connectivity index (χ1n) is 11.7. The van der Waals surface area contributed by atoms with E-state index in [1.807, 2.05) is 66.7 Å². The fraction of sp³-hybridized carbons (Fsp3) is 0.0968. The first-order valence-corrected chi connectivity index (χ1v) is 12.1. The lowest BCUT2D eigenvalue weighted by atomic mass is 9.88. The van der Waals surface area contributed by atoms with Crippen molar-refractivity contribution in [1.29, 1.82) is 0 Å². The molecular weight excluding hydrogens is 452 g/mol. The van der Waals surface area contributed by atoms with Crippen LogP contribution in [-0.2, 0) is 0 Å². The third-order valence-electron chi connectivity index (χ3n) is 6.23. The predicted octanol–water partition coefficient (Wildman–Crippen LogP) is 7.51. The molecule has 0 fully saturated rings. The van der Waals surface area contributed by atoms with Gasteiger partial charge >= 0.3 is 0 Å². The van der Waals surface area contributed by atoms with Gasteiger partial charge in [0.1, 0.15) is 0 Å². The van der Waals surface area contributed by atoms with Crippen molar-refractivity contribution >= 4 is 28.4 Å². The molecule has 0 spiro atoms. The van der Waals surface area contributed by atoms with E-state index in [2.05, 4.69) is 53.8 Å². The number of pyridine rings is 1. The van der Waals surface area contributed by atoms with Crippen molar-refractivity contribution < 1.29 is 4.79 Å². The van der Waals surface area contributed by atoms with E-state index < -0.39 is 0 Å². The van der Waals surface area contributed by atoms with Gasteiger partial charge in [0, 0.05) is 28.4 Å².